The molecule has 1 aliphatic carbocycles. The average Bonchev–Trinajstić information content (AvgIpc) is 3.26. The Bertz CT molecular complexity index is 591. The fraction of sp³-hybridized carbons (Fsp3) is 0.214. The van der Waals surface area contributed by atoms with Crippen molar-refractivity contribution in [2.24, 2.45) is 0 Å². The molecule has 5 heteroatoms. The molecule has 0 saturated heterocycles. The Kier molecular flexibility index (Phi) is 3.17. The molecule has 0 aliphatic heterocycles. The summed E-state index contributed by atoms with van der Waals surface area (Å²) in [5.41, 5.74) is 1.15. The number of hydrogen-bond acceptors (Lipinski definition) is 3. The van der Waals surface area contributed by atoms with Crippen molar-refractivity contribution < 1.29 is 4.79 Å². The molecule has 19 heavy (non-hydrogen) atoms. The van der Waals surface area contributed by atoms with Gasteiger partial charge in [-0.25, -0.2) is 9.97 Å². The van der Waals surface area contributed by atoms with Gasteiger partial charge >= 0.3 is 0 Å². The van der Waals surface area contributed by atoms with Crippen LogP contribution < -0.4 is 5.32 Å². The fourth-order valence-corrected chi connectivity index (χ4v) is 1.87. The standard InChI is InChI=1S/C14H12ClN3O/c15-11-3-5-12(6-4-11)18-14(19)10-7-16-13(17-8-10)9-1-2-9/h3-9H,1-2H2,(H,18,19). The van der Waals surface area contributed by atoms with Crippen molar-refractivity contribution in [2.75, 3.05) is 5.32 Å². The van der Waals surface area contributed by atoms with Crippen molar-refractivity contribution in [1.82, 2.24) is 9.97 Å². The van der Waals surface area contributed by atoms with Gasteiger partial charge in [0.25, 0.3) is 5.91 Å². The van der Waals surface area contributed by atoms with Crippen molar-refractivity contribution in [1.29, 1.82) is 0 Å². The monoisotopic (exact) mass is 273 g/mol. The molecule has 3 rings (SSSR count). The maximum Gasteiger partial charge on any atom is 0.258 e. The van der Waals surface area contributed by atoms with Crippen molar-refractivity contribution >= 4 is 23.2 Å². The molecule has 1 heterocycles. The molecule has 0 spiro atoms. The molecule has 1 aliphatic rings. The molecule has 2 aromatic rings. The second-order valence-electron chi connectivity index (χ2n) is 4.57. The minimum atomic E-state index is -0.218. The van der Waals surface area contributed by atoms with Crippen molar-refractivity contribution in [2.45, 2.75) is 18.8 Å². The lowest BCUT2D eigenvalue weighted by Crippen LogP contribution is -2.13. The molecular formula is C14H12ClN3O. The highest BCUT2D eigenvalue weighted by molar-refractivity contribution is 6.30. The second kappa shape index (κ2) is 4.97. The summed E-state index contributed by atoms with van der Waals surface area (Å²) in [6, 6.07) is 6.95. The van der Waals surface area contributed by atoms with Gasteiger partial charge < -0.3 is 5.32 Å². The Hall–Kier alpha value is -1.94. The summed E-state index contributed by atoms with van der Waals surface area (Å²) >= 11 is 5.79. The van der Waals surface area contributed by atoms with Gasteiger partial charge in [0.05, 0.1) is 5.56 Å². The van der Waals surface area contributed by atoms with Crippen LogP contribution in [0, 0.1) is 0 Å². The minimum Gasteiger partial charge on any atom is -0.322 e. The van der Waals surface area contributed by atoms with Gasteiger partial charge in [-0.15, -0.1) is 0 Å². The van der Waals surface area contributed by atoms with Gasteiger partial charge in [0, 0.05) is 29.0 Å². The van der Waals surface area contributed by atoms with Crippen LogP contribution in [0.2, 0.25) is 5.02 Å². The van der Waals surface area contributed by atoms with Crippen molar-refractivity contribution in [3.63, 3.8) is 0 Å². The summed E-state index contributed by atoms with van der Waals surface area (Å²) in [7, 11) is 0. The number of aromatic nitrogens is 2. The third kappa shape index (κ3) is 2.90. The lowest BCUT2D eigenvalue weighted by atomic mass is 10.2. The second-order valence-corrected chi connectivity index (χ2v) is 5.00. The van der Waals surface area contributed by atoms with E-state index in [9.17, 15) is 4.79 Å². The molecule has 1 aromatic heterocycles. The first-order valence-corrected chi connectivity index (χ1v) is 6.49. The number of carbonyl (C=O) groups is 1. The highest BCUT2D eigenvalue weighted by Crippen LogP contribution is 2.37. The molecule has 0 atom stereocenters. The molecule has 96 valence electrons. The molecule has 0 unspecified atom stereocenters. The Morgan fingerprint density at radius 3 is 2.37 bits per heavy atom. The van der Waals surface area contributed by atoms with Gasteiger partial charge in [-0.1, -0.05) is 11.6 Å². The van der Waals surface area contributed by atoms with E-state index in [2.05, 4.69) is 15.3 Å². The third-order valence-electron chi connectivity index (χ3n) is 2.98. The van der Waals surface area contributed by atoms with Crippen LogP contribution in [0.15, 0.2) is 36.7 Å². The number of anilines is 1. The van der Waals surface area contributed by atoms with Gasteiger partial charge in [-0.3, -0.25) is 4.79 Å². The van der Waals surface area contributed by atoms with Gasteiger partial charge in [-0.05, 0) is 37.1 Å². The van der Waals surface area contributed by atoms with E-state index in [1.165, 1.54) is 0 Å². The highest BCUT2D eigenvalue weighted by atomic mass is 35.5. The van der Waals surface area contributed by atoms with E-state index in [0.717, 1.165) is 18.7 Å². The number of halogens is 1. The average molecular weight is 274 g/mol. The molecule has 0 bridgehead atoms. The lowest BCUT2D eigenvalue weighted by Gasteiger charge is -2.05. The van der Waals surface area contributed by atoms with E-state index < -0.39 is 0 Å². The largest absolute Gasteiger partial charge is 0.322 e. The van der Waals surface area contributed by atoms with E-state index in [-0.39, 0.29) is 5.91 Å². The van der Waals surface area contributed by atoms with Crippen molar-refractivity contribution in [3.05, 3.63) is 53.1 Å². The number of nitrogens with zero attached hydrogens (tertiary/aromatic N) is 2. The van der Waals surface area contributed by atoms with Crippen LogP contribution in [0.25, 0.3) is 0 Å². The molecule has 1 fully saturated rings. The summed E-state index contributed by atoms with van der Waals surface area (Å²) in [4.78, 5) is 20.4. The Balaban J connectivity index is 1.70. The molecule has 1 aromatic carbocycles. The smallest absolute Gasteiger partial charge is 0.258 e. The van der Waals surface area contributed by atoms with Gasteiger partial charge in [0.1, 0.15) is 5.82 Å². The molecule has 1 saturated carbocycles. The highest BCUT2D eigenvalue weighted by Gasteiger charge is 2.26. The normalized spacial score (nSPS) is 14.2. The van der Waals surface area contributed by atoms with E-state index >= 15 is 0 Å². The molecule has 0 radical (unpaired) electrons. The zero-order chi connectivity index (χ0) is 13.2. The van der Waals surface area contributed by atoms with Crippen LogP contribution in [-0.2, 0) is 0 Å². The first-order valence-electron chi connectivity index (χ1n) is 6.11. The number of amides is 1. The minimum absolute atomic E-state index is 0.218. The topological polar surface area (TPSA) is 54.9 Å². The van der Waals surface area contributed by atoms with E-state index in [1.807, 2.05) is 0 Å². The van der Waals surface area contributed by atoms with Gasteiger partial charge in [0.2, 0.25) is 0 Å². The zero-order valence-electron chi connectivity index (χ0n) is 10.1. The molecule has 1 amide bonds. The van der Waals surface area contributed by atoms with E-state index in [1.54, 1.807) is 36.7 Å². The number of rotatable bonds is 3. The van der Waals surface area contributed by atoms with E-state index in [4.69, 9.17) is 11.6 Å². The number of hydrogen-bond donors (Lipinski definition) is 1. The molecule has 1 N–H and O–H groups in total. The number of carbonyl (C=O) groups excluding carboxylic acids is 1. The first-order chi connectivity index (χ1) is 9.22. The predicted octanol–water partition coefficient (Wildman–Crippen LogP) is 3.26. The van der Waals surface area contributed by atoms with Gasteiger partial charge in [-0.2, -0.15) is 0 Å². The van der Waals surface area contributed by atoms with Crippen LogP contribution in [0.4, 0.5) is 5.69 Å². The molecular weight excluding hydrogens is 262 g/mol. The first kappa shape index (κ1) is 12.1. The summed E-state index contributed by atoms with van der Waals surface area (Å²) in [5.74, 6) is 1.11. The Morgan fingerprint density at radius 2 is 1.79 bits per heavy atom. The molecule has 4 nitrogen and oxygen atoms in total. The maximum absolute atomic E-state index is 12.0. The maximum atomic E-state index is 12.0. The lowest BCUT2D eigenvalue weighted by molar-refractivity contribution is 0.102. The quantitative estimate of drug-likeness (QED) is 0.934. The van der Waals surface area contributed by atoms with Crippen molar-refractivity contribution in [3.8, 4) is 0 Å². The summed E-state index contributed by atoms with van der Waals surface area (Å²) < 4.78 is 0. The SMILES string of the molecule is O=C(Nc1ccc(Cl)cc1)c1cnc(C2CC2)nc1. The van der Waals surface area contributed by atoms with Crippen LogP contribution in [0.3, 0.4) is 0 Å². The van der Waals surface area contributed by atoms with E-state index in [0.29, 0.717) is 22.2 Å². The number of benzene rings is 1. The summed E-state index contributed by atoms with van der Waals surface area (Å²) in [5, 5.41) is 3.41. The third-order valence-corrected chi connectivity index (χ3v) is 3.23. The zero-order valence-corrected chi connectivity index (χ0v) is 10.9. The van der Waals surface area contributed by atoms with Crippen LogP contribution in [0.5, 0.6) is 0 Å². The van der Waals surface area contributed by atoms with Crippen LogP contribution in [0.1, 0.15) is 34.9 Å². The summed E-state index contributed by atoms with van der Waals surface area (Å²) in [6.07, 6.45) is 5.45. The summed E-state index contributed by atoms with van der Waals surface area (Å²) in [6.45, 7) is 0. The predicted molar refractivity (Wildman–Crippen MR) is 73.4 cm³/mol. The van der Waals surface area contributed by atoms with Gasteiger partial charge in [0.15, 0.2) is 0 Å². The fourth-order valence-electron chi connectivity index (χ4n) is 1.74. The van der Waals surface area contributed by atoms with Crippen LogP contribution in [-0.4, -0.2) is 15.9 Å². The Morgan fingerprint density at radius 1 is 1.16 bits per heavy atom. The number of nitrogens with one attached hydrogen (secondary N) is 1. The Labute approximate surface area is 115 Å². The van der Waals surface area contributed by atoms with Crippen LogP contribution >= 0.6 is 11.6 Å².